The van der Waals surface area contributed by atoms with E-state index in [4.69, 9.17) is 26.1 Å². The lowest BCUT2D eigenvalue weighted by molar-refractivity contribution is -0.192. The summed E-state index contributed by atoms with van der Waals surface area (Å²) in [6.07, 6.45) is 0.244. The molecule has 1 saturated heterocycles. The third kappa shape index (κ3) is 17.0. The second kappa shape index (κ2) is 20.7. The van der Waals surface area contributed by atoms with Crippen molar-refractivity contribution < 1.29 is 56.6 Å². The van der Waals surface area contributed by atoms with E-state index in [1.807, 2.05) is 0 Å². The molecule has 0 spiro atoms. The third-order valence-corrected chi connectivity index (χ3v) is 6.31. The van der Waals surface area contributed by atoms with Crippen LogP contribution in [0.25, 0.3) is 0 Å². The fraction of sp³-hybridized carbons (Fsp3) is 0.667. The summed E-state index contributed by atoms with van der Waals surface area (Å²) in [6, 6.07) is -3.27. The van der Waals surface area contributed by atoms with Gasteiger partial charge in [-0.05, 0) is 58.9 Å². The van der Waals surface area contributed by atoms with Crippen LogP contribution >= 0.6 is 0 Å². The number of carbonyl (C=O) groups excluding carboxylic acids is 6. The van der Waals surface area contributed by atoms with Gasteiger partial charge in [0.2, 0.25) is 29.5 Å². The Morgan fingerprint density at radius 3 is 2.18 bits per heavy atom. The number of esters is 1. The van der Waals surface area contributed by atoms with Crippen LogP contribution in [0.1, 0.15) is 65.7 Å². The minimum Gasteiger partial charge on any atom is -0.475 e. The van der Waals surface area contributed by atoms with Gasteiger partial charge in [0.15, 0.2) is 0 Å². The molecule has 0 unspecified atom stereocenters. The van der Waals surface area contributed by atoms with Crippen LogP contribution < -0.4 is 27.4 Å². The van der Waals surface area contributed by atoms with Gasteiger partial charge in [0.25, 0.3) is 0 Å². The number of carboxylic acids is 1. The number of nitrogens with two attached hydrogens (primary N) is 2. The van der Waals surface area contributed by atoms with E-state index in [1.54, 1.807) is 6.92 Å². The summed E-state index contributed by atoms with van der Waals surface area (Å²) in [5.41, 5.74) is 10.8. The highest BCUT2D eigenvalue weighted by Gasteiger charge is 2.38. The van der Waals surface area contributed by atoms with Crippen molar-refractivity contribution in [3.63, 3.8) is 0 Å². The van der Waals surface area contributed by atoms with Crippen molar-refractivity contribution in [3.05, 3.63) is 12.2 Å². The second-order valence-electron chi connectivity index (χ2n) is 9.98. The predicted molar refractivity (Wildman–Crippen MR) is 153 cm³/mol. The maximum absolute atomic E-state index is 13.1. The number of hydrogen-bond donors (Lipinski definition) is 6. The monoisotopic (exact) mass is 652 g/mol. The Hall–Kier alpha value is -4.22. The van der Waals surface area contributed by atoms with Gasteiger partial charge in [0, 0.05) is 32.0 Å². The van der Waals surface area contributed by atoms with Crippen molar-refractivity contribution in [2.45, 2.75) is 96.1 Å². The lowest BCUT2D eigenvalue weighted by Gasteiger charge is -2.26. The molecule has 1 aliphatic rings. The van der Waals surface area contributed by atoms with Gasteiger partial charge in [0.05, 0.1) is 6.61 Å². The highest BCUT2D eigenvalue weighted by molar-refractivity contribution is 5.94. The molecule has 0 aromatic carbocycles. The smallest absolute Gasteiger partial charge is 0.475 e. The van der Waals surface area contributed by atoms with Crippen molar-refractivity contribution in [1.29, 1.82) is 0 Å². The molecular formula is C27H43F3N6O9. The number of ether oxygens (including phenoxy) is 1. The summed E-state index contributed by atoms with van der Waals surface area (Å²) in [5, 5.41) is 15.1. The maximum Gasteiger partial charge on any atom is 0.490 e. The number of halogens is 3. The van der Waals surface area contributed by atoms with Crippen molar-refractivity contribution >= 4 is 41.5 Å². The molecule has 0 aromatic heterocycles. The Balaban J connectivity index is 0.00000246. The number of aliphatic carboxylic acids is 1. The van der Waals surface area contributed by atoms with Crippen LogP contribution in [0, 0.1) is 0 Å². The van der Waals surface area contributed by atoms with E-state index >= 15 is 0 Å². The number of carboxylic acid groups (broad SMARTS) is 1. The summed E-state index contributed by atoms with van der Waals surface area (Å²) >= 11 is 0. The molecule has 0 aromatic rings. The van der Waals surface area contributed by atoms with Crippen LogP contribution in [0.5, 0.6) is 0 Å². The zero-order valence-electron chi connectivity index (χ0n) is 25.5. The number of primary amides is 1. The van der Waals surface area contributed by atoms with Crippen molar-refractivity contribution in [2.75, 3.05) is 19.7 Å². The first-order chi connectivity index (χ1) is 20.9. The molecule has 0 bridgehead atoms. The molecule has 0 saturated carbocycles. The molecule has 1 aliphatic heterocycles. The zero-order valence-corrected chi connectivity index (χ0v) is 25.5. The molecule has 4 atom stereocenters. The summed E-state index contributed by atoms with van der Waals surface area (Å²) in [5.74, 6) is -5.68. The number of rotatable bonds is 16. The van der Waals surface area contributed by atoms with E-state index in [0.29, 0.717) is 38.8 Å². The lowest BCUT2D eigenvalue weighted by atomic mass is 10.1. The summed E-state index contributed by atoms with van der Waals surface area (Å²) in [7, 11) is 0. The minimum absolute atomic E-state index is 0.0379. The normalized spacial score (nSPS) is 16.4. The van der Waals surface area contributed by atoms with E-state index in [9.17, 15) is 41.9 Å². The van der Waals surface area contributed by atoms with Gasteiger partial charge in [-0.2, -0.15) is 13.2 Å². The predicted octanol–water partition coefficient (Wildman–Crippen LogP) is -0.381. The molecule has 45 heavy (non-hydrogen) atoms. The molecule has 1 rings (SSSR count). The first-order valence-electron chi connectivity index (χ1n) is 14.3. The number of unbranched alkanes of at least 4 members (excludes halogenated alkanes) is 1. The van der Waals surface area contributed by atoms with Crippen molar-refractivity contribution in [3.8, 4) is 0 Å². The van der Waals surface area contributed by atoms with Crippen LogP contribution in [0.2, 0.25) is 0 Å². The first kappa shape index (κ1) is 40.8. The van der Waals surface area contributed by atoms with Crippen LogP contribution in [0.15, 0.2) is 12.2 Å². The molecule has 0 aliphatic carbocycles. The Kier molecular flexibility index (Phi) is 18.7. The molecule has 1 heterocycles. The number of nitrogens with one attached hydrogen (secondary N) is 3. The van der Waals surface area contributed by atoms with Crippen LogP contribution in [0.3, 0.4) is 0 Å². The average Bonchev–Trinajstić information content (AvgIpc) is 3.44. The quantitative estimate of drug-likeness (QED) is 0.0717. The summed E-state index contributed by atoms with van der Waals surface area (Å²) in [6.45, 7) is 5.62. The Morgan fingerprint density at radius 2 is 1.67 bits per heavy atom. The maximum atomic E-state index is 13.1. The van der Waals surface area contributed by atoms with Gasteiger partial charge >= 0.3 is 18.1 Å². The largest absolute Gasteiger partial charge is 0.490 e. The van der Waals surface area contributed by atoms with Gasteiger partial charge in [0.1, 0.15) is 18.1 Å². The molecular weight excluding hydrogens is 609 g/mol. The second-order valence-corrected chi connectivity index (χ2v) is 9.98. The van der Waals surface area contributed by atoms with E-state index in [2.05, 4.69) is 16.0 Å². The fourth-order valence-corrected chi connectivity index (χ4v) is 4.03. The highest BCUT2D eigenvalue weighted by Crippen LogP contribution is 2.17. The highest BCUT2D eigenvalue weighted by atomic mass is 19.4. The summed E-state index contributed by atoms with van der Waals surface area (Å²) in [4.78, 5) is 83.8. The van der Waals surface area contributed by atoms with E-state index in [1.165, 1.54) is 24.8 Å². The van der Waals surface area contributed by atoms with Crippen molar-refractivity contribution in [2.24, 2.45) is 11.5 Å². The Labute approximate surface area is 258 Å². The fourth-order valence-electron chi connectivity index (χ4n) is 4.03. The number of amides is 5. The van der Waals surface area contributed by atoms with Crippen LogP contribution in [0.4, 0.5) is 13.2 Å². The summed E-state index contributed by atoms with van der Waals surface area (Å²) < 4.78 is 36.6. The van der Waals surface area contributed by atoms with Crippen LogP contribution in [-0.2, 0) is 38.3 Å². The number of alkyl halides is 3. The van der Waals surface area contributed by atoms with Gasteiger partial charge in [-0.3, -0.25) is 24.0 Å². The van der Waals surface area contributed by atoms with Gasteiger partial charge in [-0.15, -0.1) is 0 Å². The topological polar surface area (TPSA) is 240 Å². The molecule has 256 valence electrons. The SMILES string of the molecule is CCOC(=O)/C=C/[C@H](CCC(N)=O)NC(=O)[C@H](CCCCN)NC(=O)[C@H](C)NC(=O)[C@@H]1CCCN1C(C)=O.O=C(O)C(F)(F)F. The molecule has 1 fully saturated rings. The van der Waals surface area contributed by atoms with Gasteiger partial charge in [-0.25, -0.2) is 9.59 Å². The zero-order chi connectivity index (χ0) is 34.7. The van der Waals surface area contributed by atoms with E-state index in [0.717, 1.165) is 6.08 Å². The standard InChI is InChI=1S/C25H42N6O7.C2HF3O2/c1-4-38-22(34)13-11-18(10-12-21(27)33)29-24(36)19(8-5-6-14-26)30-23(35)16(2)28-25(37)20-9-7-15-31(20)17(3)32;3-2(4,5)1(6)7/h11,13,16,18-20H,4-10,12,14-15,26H2,1-3H3,(H2,27,33)(H,28,37)(H,29,36)(H,30,35);(H,6,7)/b13-11+;/t16-,18-,19-,20-;/m0./s1. The molecule has 15 nitrogen and oxygen atoms in total. The van der Waals surface area contributed by atoms with E-state index in [-0.39, 0.29) is 31.8 Å². The third-order valence-electron chi connectivity index (χ3n) is 6.31. The first-order valence-corrected chi connectivity index (χ1v) is 14.3. The number of carbonyl (C=O) groups is 7. The molecule has 0 radical (unpaired) electrons. The number of likely N-dealkylation sites (tertiary alicyclic amines) is 1. The average molecular weight is 653 g/mol. The lowest BCUT2D eigenvalue weighted by Crippen LogP contribution is -2.56. The van der Waals surface area contributed by atoms with E-state index < -0.39 is 65.9 Å². The molecule has 18 heteroatoms. The van der Waals surface area contributed by atoms with Gasteiger partial charge < -0.3 is 42.2 Å². The van der Waals surface area contributed by atoms with Gasteiger partial charge in [-0.1, -0.05) is 6.08 Å². The molecule has 8 N–H and O–H groups in total. The number of hydrogen-bond acceptors (Lipinski definition) is 9. The minimum atomic E-state index is -5.08. The van der Waals surface area contributed by atoms with Crippen molar-refractivity contribution in [1.82, 2.24) is 20.9 Å². The van der Waals surface area contributed by atoms with Crippen LogP contribution in [-0.4, -0.2) is 102 Å². The Morgan fingerprint density at radius 1 is 1.04 bits per heavy atom. The molecule has 5 amide bonds. The Bertz CT molecular complexity index is 1070. The number of nitrogens with zero attached hydrogens (tertiary/aromatic N) is 1.